The minimum atomic E-state index is 0.0641. The lowest BCUT2D eigenvalue weighted by Crippen LogP contribution is -2.36. The molecule has 0 saturated heterocycles. The zero-order valence-electron chi connectivity index (χ0n) is 10.9. The number of hydrogen-bond acceptors (Lipinski definition) is 1. The first-order valence-corrected chi connectivity index (χ1v) is 5.58. The maximum Gasteiger partial charge on any atom is 0.262 e. The number of carbonyl (C=O) groups is 1. The van der Waals surface area contributed by atoms with Crippen molar-refractivity contribution in [3.63, 3.8) is 0 Å². The van der Waals surface area contributed by atoms with E-state index in [1.165, 1.54) is 0 Å². The molecule has 1 heterocycles. The van der Waals surface area contributed by atoms with E-state index >= 15 is 0 Å². The van der Waals surface area contributed by atoms with Gasteiger partial charge in [0, 0.05) is 13.5 Å². The van der Waals surface area contributed by atoms with Gasteiger partial charge in [-0.3, -0.25) is 4.79 Å². The molecule has 4 heteroatoms. The Morgan fingerprint density at radius 2 is 2.12 bits per heavy atom. The van der Waals surface area contributed by atoms with Crippen molar-refractivity contribution in [3.05, 3.63) is 18.2 Å². The summed E-state index contributed by atoms with van der Waals surface area (Å²) in [7, 11) is 1.97. The summed E-state index contributed by atoms with van der Waals surface area (Å²) in [6, 6.07) is 0. The Kier molecular flexibility index (Phi) is 3.73. The van der Waals surface area contributed by atoms with Crippen LogP contribution in [0.25, 0.3) is 0 Å². The molecular formula is C12H22N3O+. The van der Waals surface area contributed by atoms with Gasteiger partial charge >= 0.3 is 0 Å². The van der Waals surface area contributed by atoms with Crippen LogP contribution >= 0.6 is 0 Å². The standard InChI is InChI=1S/C12H21N3O/c1-10-14(5)6-7-15(10)8-11(16)13-9-12(2,3)4/h6-7H,8-9H2,1-5H3/p+1. The maximum atomic E-state index is 11.7. The van der Waals surface area contributed by atoms with E-state index in [1.54, 1.807) is 0 Å². The molecule has 0 aliphatic rings. The van der Waals surface area contributed by atoms with Crippen LogP contribution < -0.4 is 9.88 Å². The highest BCUT2D eigenvalue weighted by Gasteiger charge is 2.15. The molecule has 16 heavy (non-hydrogen) atoms. The van der Waals surface area contributed by atoms with Gasteiger partial charge in [-0.15, -0.1) is 0 Å². The molecule has 0 unspecified atom stereocenters. The number of hydrogen-bond donors (Lipinski definition) is 1. The highest BCUT2D eigenvalue weighted by molar-refractivity contribution is 5.75. The van der Waals surface area contributed by atoms with Crippen molar-refractivity contribution in [2.75, 3.05) is 6.54 Å². The third-order valence-corrected chi connectivity index (χ3v) is 2.53. The second-order valence-corrected chi connectivity index (χ2v) is 5.42. The minimum Gasteiger partial charge on any atom is -0.352 e. The molecule has 1 aromatic rings. The highest BCUT2D eigenvalue weighted by Crippen LogP contribution is 2.10. The van der Waals surface area contributed by atoms with E-state index in [1.807, 2.05) is 35.5 Å². The van der Waals surface area contributed by atoms with Gasteiger partial charge in [0.15, 0.2) is 6.54 Å². The van der Waals surface area contributed by atoms with Crippen LogP contribution in [0.5, 0.6) is 0 Å². The van der Waals surface area contributed by atoms with Crippen LogP contribution in [0, 0.1) is 12.3 Å². The fraction of sp³-hybridized carbons (Fsp3) is 0.667. The molecular weight excluding hydrogens is 202 g/mol. The quantitative estimate of drug-likeness (QED) is 0.757. The van der Waals surface area contributed by atoms with Gasteiger partial charge in [0.1, 0.15) is 12.4 Å². The number of amides is 1. The average Bonchev–Trinajstić information content (AvgIpc) is 2.46. The van der Waals surface area contributed by atoms with Gasteiger partial charge in [-0.2, -0.15) is 0 Å². The predicted octanol–water partition coefficient (Wildman–Crippen LogP) is 0.783. The Labute approximate surface area is 97.3 Å². The van der Waals surface area contributed by atoms with Crippen molar-refractivity contribution >= 4 is 5.91 Å². The van der Waals surface area contributed by atoms with Gasteiger partial charge in [0.2, 0.25) is 0 Å². The number of carbonyl (C=O) groups excluding carboxylic acids is 1. The predicted molar refractivity (Wildman–Crippen MR) is 62.8 cm³/mol. The van der Waals surface area contributed by atoms with E-state index in [-0.39, 0.29) is 11.3 Å². The monoisotopic (exact) mass is 224 g/mol. The van der Waals surface area contributed by atoms with Crippen molar-refractivity contribution in [2.24, 2.45) is 12.5 Å². The Balaban J connectivity index is 2.49. The Morgan fingerprint density at radius 3 is 2.56 bits per heavy atom. The van der Waals surface area contributed by atoms with Crippen LogP contribution in [-0.4, -0.2) is 17.0 Å². The molecule has 1 N–H and O–H groups in total. The van der Waals surface area contributed by atoms with Gasteiger partial charge in [-0.1, -0.05) is 20.8 Å². The third kappa shape index (κ3) is 3.68. The molecule has 1 amide bonds. The van der Waals surface area contributed by atoms with E-state index in [0.717, 1.165) is 5.82 Å². The molecule has 0 spiro atoms. The Hall–Kier alpha value is -1.32. The molecule has 1 rings (SSSR count). The largest absolute Gasteiger partial charge is 0.352 e. The first kappa shape index (κ1) is 12.7. The Morgan fingerprint density at radius 1 is 1.50 bits per heavy atom. The van der Waals surface area contributed by atoms with E-state index in [4.69, 9.17) is 0 Å². The molecule has 0 fully saturated rings. The fourth-order valence-corrected chi connectivity index (χ4v) is 1.34. The lowest BCUT2D eigenvalue weighted by atomic mass is 9.97. The molecule has 0 bridgehead atoms. The summed E-state index contributed by atoms with van der Waals surface area (Å²) in [6.07, 6.45) is 3.87. The molecule has 4 nitrogen and oxygen atoms in total. The zero-order chi connectivity index (χ0) is 12.3. The molecule has 0 radical (unpaired) electrons. The number of imidazole rings is 1. The van der Waals surface area contributed by atoms with Crippen LogP contribution in [0.15, 0.2) is 12.4 Å². The number of aryl methyl sites for hydroxylation is 1. The first-order valence-electron chi connectivity index (χ1n) is 5.58. The van der Waals surface area contributed by atoms with Crippen LogP contribution in [0.2, 0.25) is 0 Å². The van der Waals surface area contributed by atoms with E-state index in [9.17, 15) is 4.79 Å². The van der Waals surface area contributed by atoms with E-state index < -0.39 is 0 Å². The zero-order valence-corrected chi connectivity index (χ0v) is 10.9. The van der Waals surface area contributed by atoms with Gasteiger partial charge < -0.3 is 5.32 Å². The molecule has 1 aromatic heterocycles. The number of rotatable bonds is 3. The second-order valence-electron chi connectivity index (χ2n) is 5.42. The molecule has 0 aliphatic carbocycles. The van der Waals surface area contributed by atoms with E-state index in [2.05, 4.69) is 26.1 Å². The number of aromatic nitrogens is 2. The normalized spacial score (nSPS) is 11.6. The second kappa shape index (κ2) is 4.68. The lowest BCUT2D eigenvalue weighted by Gasteiger charge is -2.18. The van der Waals surface area contributed by atoms with Crippen molar-refractivity contribution < 1.29 is 9.36 Å². The third-order valence-electron chi connectivity index (χ3n) is 2.53. The van der Waals surface area contributed by atoms with Crippen LogP contribution in [0.3, 0.4) is 0 Å². The van der Waals surface area contributed by atoms with Crippen LogP contribution in [0.4, 0.5) is 0 Å². The molecule has 0 atom stereocenters. The summed E-state index contributed by atoms with van der Waals surface area (Å²) in [5, 5.41) is 2.94. The van der Waals surface area contributed by atoms with Crippen LogP contribution in [0.1, 0.15) is 26.6 Å². The smallest absolute Gasteiger partial charge is 0.262 e. The van der Waals surface area contributed by atoms with Gasteiger partial charge in [-0.05, 0) is 5.41 Å². The topological polar surface area (TPSA) is 37.9 Å². The van der Waals surface area contributed by atoms with E-state index in [0.29, 0.717) is 13.1 Å². The van der Waals surface area contributed by atoms with Crippen molar-refractivity contribution in [2.45, 2.75) is 34.2 Å². The summed E-state index contributed by atoms with van der Waals surface area (Å²) in [5.74, 6) is 1.14. The Bertz CT molecular complexity index is 374. The molecule has 90 valence electrons. The van der Waals surface area contributed by atoms with Crippen LogP contribution in [-0.2, 0) is 18.4 Å². The number of nitrogens with zero attached hydrogens (tertiary/aromatic N) is 2. The molecule has 0 saturated carbocycles. The lowest BCUT2D eigenvalue weighted by molar-refractivity contribution is -0.677. The SMILES string of the molecule is Cc1n(CC(=O)NCC(C)(C)C)cc[n+]1C. The maximum absolute atomic E-state index is 11.7. The fourth-order valence-electron chi connectivity index (χ4n) is 1.34. The summed E-state index contributed by atoms with van der Waals surface area (Å²) in [6.45, 7) is 9.41. The van der Waals surface area contributed by atoms with Crippen molar-refractivity contribution in [1.29, 1.82) is 0 Å². The first-order chi connectivity index (χ1) is 7.29. The van der Waals surface area contributed by atoms with Crippen molar-refractivity contribution in [1.82, 2.24) is 9.88 Å². The molecule has 0 aliphatic heterocycles. The van der Waals surface area contributed by atoms with Gasteiger partial charge in [-0.25, -0.2) is 9.13 Å². The van der Waals surface area contributed by atoms with Gasteiger partial charge in [0.05, 0.1) is 7.05 Å². The summed E-state index contributed by atoms with van der Waals surface area (Å²) < 4.78 is 3.94. The van der Waals surface area contributed by atoms with Gasteiger partial charge in [0.25, 0.3) is 11.7 Å². The average molecular weight is 224 g/mol. The highest BCUT2D eigenvalue weighted by atomic mass is 16.1. The molecule has 0 aromatic carbocycles. The number of nitrogens with one attached hydrogen (secondary N) is 1. The minimum absolute atomic E-state index is 0.0641. The summed E-state index contributed by atoms with van der Waals surface area (Å²) in [4.78, 5) is 11.7. The summed E-state index contributed by atoms with van der Waals surface area (Å²) in [5.41, 5.74) is 0.131. The van der Waals surface area contributed by atoms with Crippen molar-refractivity contribution in [3.8, 4) is 0 Å². The summed E-state index contributed by atoms with van der Waals surface area (Å²) >= 11 is 0.